The number of nitrogens with one attached hydrogen (secondary N) is 1. The Hall–Kier alpha value is -1.46. The Labute approximate surface area is 77.9 Å². The predicted octanol–water partition coefficient (Wildman–Crippen LogP) is 1.88. The molecule has 0 aliphatic rings. The van der Waals surface area contributed by atoms with Gasteiger partial charge in [-0.25, -0.2) is 0 Å². The number of hydrogen-bond donors (Lipinski definition) is 1. The van der Waals surface area contributed by atoms with Crippen molar-refractivity contribution in [2.75, 3.05) is 6.54 Å². The summed E-state index contributed by atoms with van der Waals surface area (Å²) >= 11 is 0. The first-order valence-corrected chi connectivity index (χ1v) is 3.79. The van der Waals surface area contributed by atoms with Gasteiger partial charge in [-0.3, -0.25) is 4.79 Å². The van der Waals surface area contributed by atoms with Gasteiger partial charge in [0, 0.05) is 0 Å². The molecule has 0 bridgehead atoms. The van der Waals surface area contributed by atoms with Gasteiger partial charge in [0.25, 0.3) is 5.91 Å². The highest BCUT2D eigenvalue weighted by Gasteiger charge is 2.28. The number of aryl methyl sites for hydroxylation is 1. The summed E-state index contributed by atoms with van der Waals surface area (Å²) in [6, 6.07) is 1.32. The maximum absolute atomic E-state index is 11.7. The van der Waals surface area contributed by atoms with Crippen LogP contribution in [-0.2, 0) is 0 Å². The lowest BCUT2D eigenvalue weighted by Gasteiger charge is -2.07. The summed E-state index contributed by atoms with van der Waals surface area (Å²) in [6.45, 7) is 0.166. The molecule has 0 spiro atoms. The molecule has 0 saturated carbocycles. The first-order chi connectivity index (χ1) is 6.40. The van der Waals surface area contributed by atoms with Gasteiger partial charge in [0.05, 0.1) is 11.8 Å². The largest absolute Gasteiger partial charge is 0.469 e. The number of halogens is 3. The van der Waals surface area contributed by atoms with E-state index in [0.29, 0.717) is 5.76 Å². The van der Waals surface area contributed by atoms with Crippen molar-refractivity contribution in [3.63, 3.8) is 0 Å². The van der Waals surface area contributed by atoms with Crippen LogP contribution in [0.3, 0.4) is 0 Å². The Kier molecular flexibility index (Phi) is 2.83. The van der Waals surface area contributed by atoms with Crippen LogP contribution in [0.5, 0.6) is 0 Å². The summed E-state index contributed by atoms with van der Waals surface area (Å²) in [6.07, 6.45) is -3.15. The van der Waals surface area contributed by atoms with E-state index < -0.39 is 18.6 Å². The molecule has 1 amide bonds. The van der Waals surface area contributed by atoms with Crippen molar-refractivity contribution in [3.05, 3.63) is 23.7 Å². The molecule has 1 rings (SSSR count). The molecular formula is C8H8F3NO2. The minimum Gasteiger partial charge on any atom is -0.469 e. The molecule has 0 radical (unpaired) electrons. The number of hydrogen-bond acceptors (Lipinski definition) is 2. The molecule has 3 nitrogen and oxygen atoms in total. The van der Waals surface area contributed by atoms with Crippen LogP contribution in [0.1, 0.15) is 16.1 Å². The molecule has 0 atom stereocenters. The lowest BCUT2D eigenvalue weighted by Crippen LogP contribution is -2.33. The zero-order chi connectivity index (χ0) is 10.8. The molecule has 0 saturated heterocycles. The van der Waals surface area contributed by atoms with Gasteiger partial charge < -0.3 is 9.73 Å². The molecule has 1 heterocycles. The van der Waals surface area contributed by atoms with E-state index in [-0.39, 0.29) is 5.56 Å². The van der Waals surface area contributed by atoms with Crippen LogP contribution >= 0.6 is 0 Å². The smallest absolute Gasteiger partial charge is 0.405 e. The molecule has 0 aliphatic carbocycles. The topological polar surface area (TPSA) is 42.2 Å². The summed E-state index contributed by atoms with van der Waals surface area (Å²) in [5, 5.41) is 1.74. The molecule has 0 aromatic carbocycles. The van der Waals surface area contributed by atoms with Crippen molar-refractivity contribution in [2.45, 2.75) is 13.1 Å². The lowest BCUT2D eigenvalue weighted by atomic mass is 10.2. The monoisotopic (exact) mass is 207 g/mol. The number of rotatable bonds is 2. The average Bonchev–Trinajstić information content (AvgIpc) is 2.46. The standard InChI is InChI=1S/C8H8F3NO2/c1-5-6(2-3-14-5)7(13)12-4-8(9,10)11/h2-3H,4H2,1H3,(H,12,13). The second-order valence-electron chi connectivity index (χ2n) is 2.69. The Morgan fingerprint density at radius 2 is 2.21 bits per heavy atom. The average molecular weight is 207 g/mol. The normalized spacial score (nSPS) is 11.4. The Balaban J connectivity index is 2.56. The molecule has 1 aromatic rings. The lowest BCUT2D eigenvalue weighted by molar-refractivity contribution is -0.123. The number of alkyl halides is 3. The predicted molar refractivity (Wildman–Crippen MR) is 41.8 cm³/mol. The third-order valence-electron chi connectivity index (χ3n) is 1.55. The minimum atomic E-state index is -4.40. The van der Waals surface area contributed by atoms with Gasteiger partial charge in [0.15, 0.2) is 0 Å². The van der Waals surface area contributed by atoms with Crippen molar-refractivity contribution >= 4 is 5.91 Å². The van der Waals surface area contributed by atoms with Crippen molar-refractivity contribution in [1.29, 1.82) is 0 Å². The molecule has 1 N–H and O–H groups in total. The summed E-state index contributed by atoms with van der Waals surface area (Å²) in [7, 11) is 0. The Morgan fingerprint density at radius 3 is 2.64 bits per heavy atom. The quantitative estimate of drug-likeness (QED) is 0.804. The van der Waals surface area contributed by atoms with E-state index in [2.05, 4.69) is 0 Å². The van der Waals surface area contributed by atoms with Gasteiger partial charge in [-0.2, -0.15) is 13.2 Å². The van der Waals surface area contributed by atoms with Crippen molar-refractivity contribution in [3.8, 4) is 0 Å². The van der Waals surface area contributed by atoms with E-state index in [1.54, 1.807) is 5.32 Å². The molecule has 78 valence electrons. The molecule has 1 aromatic heterocycles. The van der Waals surface area contributed by atoms with Crippen molar-refractivity contribution < 1.29 is 22.4 Å². The van der Waals surface area contributed by atoms with E-state index in [1.807, 2.05) is 0 Å². The van der Waals surface area contributed by atoms with Crippen LogP contribution < -0.4 is 5.32 Å². The summed E-state index contributed by atoms with van der Waals surface area (Å²) < 4.78 is 39.9. The molecule has 0 unspecified atom stereocenters. The van der Waals surface area contributed by atoms with Gasteiger partial charge in [0.2, 0.25) is 0 Å². The van der Waals surface area contributed by atoms with Crippen LogP contribution in [0, 0.1) is 6.92 Å². The van der Waals surface area contributed by atoms with Gasteiger partial charge in [0.1, 0.15) is 12.3 Å². The van der Waals surface area contributed by atoms with Gasteiger partial charge in [-0.15, -0.1) is 0 Å². The van der Waals surface area contributed by atoms with E-state index in [9.17, 15) is 18.0 Å². The van der Waals surface area contributed by atoms with Crippen molar-refractivity contribution in [1.82, 2.24) is 5.32 Å². The fourth-order valence-corrected chi connectivity index (χ4v) is 0.896. The first-order valence-electron chi connectivity index (χ1n) is 3.79. The number of carbonyl (C=O) groups excluding carboxylic acids is 1. The van der Waals surface area contributed by atoms with Crippen LogP contribution in [0.15, 0.2) is 16.7 Å². The number of amides is 1. The molecule has 0 aliphatic heterocycles. The summed E-state index contributed by atoms with van der Waals surface area (Å²) in [4.78, 5) is 11.1. The zero-order valence-electron chi connectivity index (χ0n) is 7.31. The maximum Gasteiger partial charge on any atom is 0.405 e. The molecule has 0 fully saturated rings. The third-order valence-corrected chi connectivity index (χ3v) is 1.55. The SMILES string of the molecule is Cc1occc1C(=O)NCC(F)(F)F. The van der Waals surface area contributed by atoms with Crippen LogP contribution in [0.2, 0.25) is 0 Å². The molecule has 14 heavy (non-hydrogen) atoms. The number of carbonyl (C=O) groups is 1. The first kappa shape index (κ1) is 10.6. The van der Waals surface area contributed by atoms with Crippen molar-refractivity contribution in [2.24, 2.45) is 0 Å². The molecule has 6 heteroatoms. The second kappa shape index (κ2) is 3.73. The van der Waals surface area contributed by atoms with Crippen LogP contribution in [-0.4, -0.2) is 18.6 Å². The highest BCUT2D eigenvalue weighted by atomic mass is 19.4. The van der Waals surface area contributed by atoms with Gasteiger partial charge in [-0.1, -0.05) is 0 Å². The Bertz CT molecular complexity index is 330. The van der Waals surface area contributed by atoms with Crippen LogP contribution in [0.4, 0.5) is 13.2 Å². The van der Waals surface area contributed by atoms with Crippen LogP contribution in [0.25, 0.3) is 0 Å². The highest BCUT2D eigenvalue weighted by Crippen LogP contribution is 2.13. The van der Waals surface area contributed by atoms with E-state index in [4.69, 9.17) is 4.42 Å². The van der Waals surface area contributed by atoms with E-state index in [0.717, 1.165) is 0 Å². The maximum atomic E-state index is 11.7. The summed E-state index contributed by atoms with van der Waals surface area (Å²) in [5.74, 6) is -0.488. The molecular weight excluding hydrogens is 199 g/mol. The fourth-order valence-electron chi connectivity index (χ4n) is 0.896. The third kappa shape index (κ3) is 2.79. The number of furan rings is 1. The fraction of sp³-hybridized carbons (Fsp3) is 0.375. The Morgan fingerprint density at radius 1 is 1.57 bits per heavy atom. The minimum absolute atomic E-state index is 0.120. The van der Waals surface area contributed by atoms with Gasteiger partial charge in [-0.05, 0) is 13.0 Å². The van der Waals surface area contributed by atoms with E-state index >= 15 is 0 Å². The second-order valence-corrected chi connectivity index (χ2v) is 2.69. The van der Waals surface area contributed by atoms with E-state index in [1.165, 1.54) is 19.3 Å². The zero-order valence-corrected chi connectivity index (χ0v) is 7.31. The highest BCUT2D eigenvalue weighted by molar-refractivity contribution is 5.95. The summed E-state index contributed by atoms with van der Waals surface area (Å²) in [5.41, 5.74) is 0.120. The van der Waals surface area contributed by atoms with Gasteiger partial charge >= 0.3 is 6.18 Å².